The average Bonchev–Trinajstić information content (AvgIpc) is 2.30. The summed E-state index contributed by atoms with van der Waals surface area (Å²) in [5.74, 6) is -0.449. The van der Waals surface area contributed by atoms with Crippen molar-refractivity contribution in [1.82, 2.24) is 0 Å². The summed E-state index contributed by atoms with van der Waals surface area (Å²) in [5.41, 5.74) is 0.936. The zero-order chi connectivity index (χ0) is 12.8. The minimum absolute atomic E-state index is 0.00438. The van der Waals surface area contributed by atoms with E-state index in [1.54, 1.807) is 6.07 Å². The molecule has 1 aromatic rings. The zero-order valence-corrected chi connectivity index (χ0v) is 9.14. The number of rotatable bonds is 4. The number of allylic oxidation sites excluding steroid dienone is 1. The largest absolute Gasteiger partial charge is 0.513 e. The van der Waals surface area contributed by atoms with Gasteiger partial charge in [-0.05, 0) is 17.7 Å². The Morgan fingerprint density at radius 3 is 2.82 bits per heavy atom. The van der Waals surface area contributed by atoms with Gasteiger partial charge in [-0.1, -0.05) is 19.2 Å². The second-order valence-electron chi connectivity index (χ2n) is 3.31. The van der Waals surface area contributed by atoms with Crippen LogP contribution in [0.1, 0.15) is 11.1 Å². The van der Waals surface area contributed by atoms with E-state index in [0.717, 1.165) is 6.08 Å². The molecule has 1 N–H and O–H groups in total. The van der Waals surface area contributed by atoms with E-state index in [1.165, 1.54) is 12.1 Å². The summed E-state index contributed by atoms with van der Waals surface area (Å²) in [6, 6.07) is 6.60. The molecular weight excluding hydrogens is 218 g/mol. The molecule has 0 heterocycles. The number of hydrogen-bond donors (Lipinski definition) is 1. The molecule has 0 unspecified atom stereocenters. The van der Waals surface area contributed by atoms with Crippen LogP contribution >= 0.6 is 0 Å². The molecule has 0 spiro atoms. The lowest BCUT2D eigenvalue weighted by Crippen LogP contribution is -2.05. The van der Waals surface area contributed by atoms with Crippen LogP contribution in [-0.2, 0) is 11.2 Å². The fourth-order valence-corrected chi connectivity index (χ4v) is 1.25. The molecule has 0 radical (unpaired) electrons. The van der Waals surface area contributed by atoms with Gasteiger partial charge >= 0.3 is 5.97 Å². The highest BCUT2D eigenvalue weighted by molar-refractivity contribution is 5.83. The highest BCUT2D eigenvalue weighted by Crippen LogP contribution is 2.20. The third-order valence-electron chi connectivity index (χ3n) is 1.95. The number of benzene rings is 1. The summed E-state index contributed by atoms with van der Waals surface area (Å²) in [4.78, 5) is 11.0. The van der Waals surface area contributed by atoms with Crippen molar-refractivity contribution in [2.24, 2.45) is 0 Å². The molecule has 0 amide bonds. The number of nitrogens with zero attached hydrogens (tertiary/aromatic N) is 1. The van der Waals surface area contributed by atoms with Crippen LogP contribution in [0.5, 0.6) is 5.75 Å². The highest BCUT2D eigenvalue weighted by Gasteiger charge is 2.08. The minimum Gasteiger partial charge on any atom is -0.513 e. The van der Waals surface area contributed by atoms with Gasteiger partial charge in [0.1, 0.15) is 11.8 Å². The number of aliphatic hydroxyl groups is 1. The van der Waals surface area contributed by atoms with Crippen LogP contribution in [0.2, 0.25) is 0 Å². The van der Waals surface area contributed by atoms with Crippen LogP contribution in [0, 0.1) is 11.3 Å². The number of nitriles is 1. The third-order valence-corrected chi connectivity index (χ3v) is 1.95. The lowest BCUT2D eigenvalue weighted by atomic mass is 10.1. The van der Waals surface area contributed by atoms with Gasteiger partial charge < -0.3 is 9.84 Å². The first-order valence-electron chi connectivity index (χ1n) is 4.81. The Bertz CT molecular complexity index is 512. The number of carbonyl (C=O) groups is 1. The number of ether oxygens (including phenoxy) is 1. The Labute approximate surface area is 99.1 Å². The van der Waals surface area contributed by atoms with Crippen molar-refractivity contribution in [2.45, 2.75) is 6.42 Å². The summed E-state index contributed by atoms with van der Waals surface area (Å²) in [6.45, 7) is 6.63. The predicted molar refractivity (Wildman–Crippen MR) is 62.5 cm³/mol. The fraction of sp³-hybridized carbons (Fsp3) is 0.0769. The number of carbonyl (C=O) groups excluding carboxylic acids is 1. The van der Waals surface area contributed by atoms with E-state index < -0.39 is 5.97 Å². The Morgan fingerprint density at radius 1 is 1.59 bits per heavy atom. The van der Waals surface area contributed by atoms with Gasteiger partial charge in [0.25, 0.3) is 0 Å². The lowest BCUT2D eigenvalue weighted by Gasteiger charge is -2.06. The average molecular weight is 229 g/mol. The van der Waals surface area contributed by atoms with Crippen molar-refractivity contribution in [3.05, 3.63) is 54.3 Å². The molecule has 0 aliphatic heterocycles. The van der Waals surface area contributed by atoms with E-state index >= 15 is 0 Å². The zero-order valence-electron chi connectivity index (χ0n) is 9.14. The first kappa shape index (κ1) is 12.5. The van der Waals surface area contributed by atoms with Gasteiger partial charge in [-0.25, -0.2) is 4.79 Å². The predicted octanol–water partition coefficient (Wildman–Crippen LogP) is 2.26. The van der Waals surface area contributed by atoms with Crippen molar-refractivity contribution < 1.29 is 14.6 Å². The highest BCUT2D eigenvalue weighted by atomic mass is 16.5. The smallest absolute Gasteiger partial charge is 0.335 e. The third kappa shape index (κ3) is 3.50. The molecule has 0 fully saturated rings. The molecule has 0 aromatic heterocycles. The normalized spacial score (nSPS) is 9.12. The molecule has 17 heavy (non-hydrogen) atoms. The van der Waals surface area contributed by atoms with Crippen LogP contribution in [0.15, 0.2) is 43.2 Å². The molecule has 1 rings (SSSR count). The number of aliphatic hydroxyl groups excluding tert-OH is 1. The second kappa shape index (κ2) is 5.52. The van der Waals surface area contributed by atoms with Gasteiger partial charge in [0.15, 0.2) is 0 Å². The number of esters is 1. The molecule has 4 heteroatoms. The summed E-state index contributed by atoms with van der Waals surface area (Å²) in [7, 11) is 0. The van der Waals surface area contributed by atoms with Crippen molar-refractivity contribution >= 4 is 5.97 Å². The standard InChI is InChI=1S/C13H11NO3/c1-3-13(16)17-12-5-4-10(6-9(2)15)7-11(12)8-14/h3-5,7,15H,1-2,6H2. The maximum Gasteiger partial charge on any atom is 0.335 e. The quantitative estimate of drug-likeness (QED) is 0.372. The minimum atomic E-state index is -0.624. The van der Waals surface area contributed by atoms with Gasteiger partial charge in [-0.15, -0.1) is 0 Å². The summed E-state index contributed by atoms with van der Waals surface area (Å²) in [6.07, 6.45) is 1.27. The summed E-state index contributed by atoms with van der Waals surface area (Å²) < 4.78 is 4.88. The molecule has 86 valence electrons. The molecule has 0 bridgehead atoms. The van der Waals surface area contributed by atoms with E-state index in [4.69, 9.17) is 15.1 Å². The molecule has 0 saturated heterocycles. The molecule has 0 aliphatic carbocycles. The SMILES string of the molecule is C=CC(=O)Oc1ccc(CC(=C)O)cc1C#N. The van der Waals surface area contributed by atoms with Crippen LogP contribution in [0.4, 0.5) is 0 Å². The van der Waals surface area contributed by atoms with Crippen LogP contribution in [0.3, 0.4) is 0 Å². The summed E-state index contributed by atoms with van der Waals surface area (Å²) in [5, 5.41) is 18.0. The van der Waals surface area contributed by atoms with E-state index in [-0.39, 0.29) is 23.5 Å². The molecule has 0 atom stereocenters. The molecule has 1 aromatic carbocycles. The number of hydrogen-bond acceptors (Lipinski definition) is 4. The Balaban J connectivity index is 3.02. The maximum atomic E-state index is 11.0. The second-order valence-corrected chi connectivity index (χ2v) is 3.31. The van der Waals surface area contributed by atoms with Gasteiger partial charge in [0, 0.05) is 12.5 Å². The topological polar surface area (TPSA) is 70.3 Å². The van der Waals surface area contributed by atoms with Crippen LogP contribution in [0.25, 0.3) is 0 Å². The van der Waals surface area contributed by atoms with E-state index in [1.807, 2.05) is 6.07 Å². The summed E-state index contributed by atoms with van der Waals surface area (Å²) >= 11 is 0. The fourth-order valence-electron chi connectivity index (χ4n) is 1.25. The molecule has 4 nitrogen and oxygen atoms in total. The molecule has 0 aliphatic rings. The maximum absolute atomic E-state index is 11.0. The van der Waals surface area contributed by atoms with Gasteiger partial charge in [0.05, 0.1) is 11.3 Å². The van der Waals surface area contributed by atoms with Crippen molar-refractivity contribution in [3.8, 4) is 11.8 Å². The van der Waals surface area contributed by atoms with Gasteiger partial charge in [0.2, 0.25) is 0 Å². The van der Waals surface area contributed by atoms with E-state index in [2.05, 4.69) is 13.2 Å². The first-order chi connectivity index (χ1) is 8.06. The Hall–Kier alpha value is -2.54. The van der Waals surface area contributed by atoms with E-state index in [9.17, 15) is 4.79 Å². The lowest BCUT2D eigenvalue weighted by molar-refractivity contribution is -0.128. The van der Waals surface area contributed by atoms with Crippen molar-refractivity contribution in [3.63, 3.8) is 0 Å². The van der Waals surface area contributed by atoms with Crippen molar-refractivity contribution in [2.75, 3.05) is 0 Å². The first-order valence-corrected chi connectivity index (χ1v) is 4.81. The van der Waals surface area contributed by atoms with Crippen LogP contribution < -0.4 is 4.74 Å². The van der Waals surface area contributed by atoms with Gasteiger partial charge in [-0.2, -0.15) is 5.26 Å². The Morgan fingerprint density at radius 2 is 2.29 bits per heavy atom. The van der Waals surface area contributed by atoms with Crippen LogP contribution in [-0.4, -0.2) is 11.1 Å². The Kier molecular flexibility index (Phi) is 4.07. The molecular formula is C13H11NO3. The van der Waals surface area contributed by atoms with E-state index in [0.29, 0.717) is 5.56 Å². The van der Waals surface area contributed by atoms with Gasteiger partial charge in [-0.3, -0.25) is 0 Å². The van der Waals surface area contributed by atoms with Crippen molar-refractivity contribution in [1.29, 1.82) is 5.26 Å². The molecule has 0 saturated carbocycles. The monoisotopic (exact) mass is 229 g/mol.